The summed E-state index contributed by atoms with van der Waals surface area (Å²) in [5.74, 6) is 1.13. The highest BCUT2D eigenvalue weighted by atomic mass is 35.5. The number of rotatable bonds is 6. The third-order valence-corrected chi connectivity index (χ3v) is 5.93. The van der Waals surface area contributed by atoms with Crippen molar-refractivity contribution >= 4 is 29.1 Å². The number of imidazole rings is 1. The molecule has 0 spiro atoms. The van der Waals surface area contributed by atoms with Crippen molar-refractivity contribution in [2.24, 2.45) is 0 Å². The number of ether oxygens (including phenoxy) is 2. The fourth-order valence-corrected chi connectivity index (χ4v) is 4.20. The maximum atomic E-state index is 13.4. The molecule has 1 aliphatic rings. The Morgan fingerprint density at radius 1 is 1.24 bits per heavy atom. The van der Waals surface area contributed by atoms with Crippen LogP contribution in [-0.4, -0.2) is 33.2 Å². The molecular formula is C24H22ClFN6O2. The number of aromatic nitrogens is 4. The molecule has 4 aromatic rings. The Labute approximate surface area is 200 Å². The van der Waals surface area contributed by atoms with Crippen LogP contribution < -0.4 is 15.4 Å². The first-order valence-electron chi connectivity index (χ1n) is 10.7. The molecule has 0 radical (unpaired) electrons. The van der Waals surface area contributed by atoms with E-state index in [0.717, 1.165) is 22.5 Å². The molecule has 3 heterocycles. The maximum Gasteiger partial charge on any atom is 0.232 e. The third kappa shape index (κ3) is 3.93. The lowest BCUT2D eigenvalue weighted by Crippen LogP contribution is -2.21. The van der Waals surface area contributed by atoms with Gasteiger partial charge in [0, 0.05) is 30.1 Å². The second-order valence-electron chi connectivity index (χ2n) is 7.72. The van der Waals surface area contributed by atoms with E-state index >= 15 is 0 Å². The summed E-state index contributed by atoms with van der Waals surface area (Å²) in [5.41, 5.74) is 10.2. The molecule has 1 atom stereocenters. The minimum Gasteiger partial charge on any atom is -0.494 e. The van der Waals surface area contributed by atoms with Crippen molar-refractivity contribution < 1.29 is 13.9 Å². The summed E-state index contributed by atoms with van der Waals surface area (Å²) in [6.45, 7) is 2.88. The summed E-state index contributed by atoms with van der Waals surface area (Å²) in [6, 6.07) is 11.9. The third-order valence-electron chi connectivity index (χ3n) is 5.74. The molecular weight excluding hydrogens is 459 g/mol. The smallest absolute Gasteiger partial charge is 0.232 e. The molecule has 0 aliphatic carbocycles. The fraction of sp³-hybridized carbons (Fsp3) is 0.208. The number of halogens is 2. The van der Waals surface area contributed by atoms with Gasteiger partial charge in [0.1, 0.15) is 35.0 Å². The molecule has 2 N–H and O–H groups in total. The van der Waals surface area contributed by atoms with E-state index in [2.05, 4.69) is 9.97 Å². The van der Waals surface area contributed by atoms with Gasteiger partial charge in [-0.3, -0.25) is 0 Å². The molecule has 2 aromatic heterocycles. The monoisotopic (exact) mass is 480 g/mol. The van der Waals surface area contributed by atoms with Crippen molar-refractivity contribution in [3.8, 4) is 11.4 Å². The molecule has 5 rings (SSSR count). The Hall–Kier alpha value is -3.69. The molecule has 8 nitrogen and oxygen atoms in total. The predicted octanol–water partition coefficient (Wildman–Crippen LogP) is 4.82. The van der Waals surface area contributed by atoms with Crippen LogP contribution in [0.3, 0.4) is 0 Å². The van der Waals surface area contributed by atoms with E-state index in [9.17, 15) is 4.39 Å². The van der Waals surface area contributed by atoms with Gasteiger partial charge in [0.2, 0.25) is 5.95 Å². The standard InChI is InChI=1S/C24H22ClFN6O2/c1-3-32(16-8-9-18(19(10-16)33-2)31-11-20(25)28-13-31)24-29-21-17(23(27)30-24)12-34-22(21)14-4-6-15(26)7-5-14/h4-11,13,22H,3,12H2,1-2H3,(H2,27,29,30). The van der Waals surface area contributed by atoms with Crippen LogP contribution >= 0.6 is 11.6 Å². The van der Waals surface area contributed by atoms with Crippen molar-refractivity contribution in [2.45, 2.75) is 19.6 Å². The second kappa shape index (κ2) is 8.92. The molecule has 0 saturated heterocycles. The van der Waals surface area contributed by atoms with Gasteiger partial charge < -0.3 is 24.7 Å². The summed E-state index contributed by atoms with van der Waals surface area (Å²) < 4.78 is 26.8. The van der Waals surface area contributed by atoms with Gasteiger partial charge in [-0.2, -0.15) is 4.98 Å². The molecule has 0 bridgehead atoms. The Balaban J connectivity index is 1.54. The summed E-state index contributed by atoms with van der Waals surface area (Å²) in [7, 11) is 1.60. The van der Waals surface area contributed by atoms with Gasteiger partial charge in [-0.1, -0.05) is 23.7 Å². The average molecular weight is 481 g/mol. The van der Waals surface area contributed by atoms with Crippen LogP contribution in [0.2, 0.25) is 5.15 Å². The minimum atomic E-state index is -0.443. The van der Waals surface area contributed by atoms with Gasteiger partial charge in [0.05, 0.1) is 25.1 Å². The largest absolute Gasteiger partial charge is 0.494 e. The van der Waals surface area contributed by atoms with Gasteiger partial charge in [0.25, 0.3) is 0 Å². The number of fused-ring (bicyclic) bond motifs is 1. The lowest BCUT2D eigenvalue weighted by atomic mass is 10.0. The number of nitrogens with zero attached hydrogens (tertiary/aromatic N) is 5. The van der Waals surface area contributed by atoms with Crippen LogP contribution in [0.15, 0.2) is 55.0 Å². The van der Waals surface area contributed by atoms with E-state index in [0.29, 0.717) is 41.5 Å². The van der Waals surface area contributed by atoms with E-state index in [-0.39, 0.29) is 5.82 Å². The highest BCUT2D eigenvalue weighted by Crippen LogP contribution is 2.39. The van der Waals surface area contributed by atoms with Crippen LogP contribution in [0, 0.1) is 5.82 Å². The number of hydrogen-bond donors (Lipinski definition) is 1. The van der Waals surface area contributed by atoms with Gasteiger partial charge in [-0.25, -0.2) is 14.4 Å². The molecule has 0 saturated carbocycles. The molecule has 1 aliphatic heterocycles. The first-order valence-corrected chi connectivity index (χ1v) is 11.0. The van der Waals surface area contributed by atoms with Crippen molar-refractivity contribution in [2.75, 3.05) is 24.3 Å². The van der Waals surface area contributed by atoms with E-state index in [1.807, 2.05) is 30.0 Å². The molecule has 0 fully saturated rings. The Bertz CT molecular complexity index is 1340. The minimum absolute atomic E-state index is 0.297. The molecule has 1 unspecified atom stereocenters. The van der Waals surface area contributed by atoms with Crippen LogP contribution in [0.25, 0.3) is 5.69 Å². The van der Waals surface area contributed by atoms with Gasteiger partial charge >= 0.3 is 0 Å². The molecule has 2 aromatic carbocycles. The topological polar surface area (TPSA) is 91.3 Å². The molecule has 0 amide bonds. The van der Waals surface area contributed by atoms with Crippen LogP contribution in [-0.2, 0) is 11.3 Å². The van der Waals surface area contributed by atoms with E-state index < -0.39 is 6.10 Å². The molecule has 174 valence electrons. The normalized spacial score (nSPS) is 14.8. The summed E-state index contributed by atoms with van der Waals surface area (Å²) in [6.07, 6.45) is 2.88. The zero-order chi connectivity index (χ0) is 23.8. The predicted molar refractivity (Wildman–Crippen MR) is 127 cm³/mol. The first kappa shape index (κ1) is 22.1. The number of methoxy groups -OCH3 is 1. The zero-order valence-electron chi connectivity index (χ0n) is 18.6. The van der Waals surface area contributed by atoms with E-state index in [1.165, 1.54) is 12.1 Å². The summed E-state index contributed by atoms with van der Waals surface area (Å²) >= 11 is 5.98. The van der Waals surface area contributed by atoms with Gasteiger partial charge in [0.15, 0.2) is 0 Å². The Morgan fingerprint density at radius 2 is 2.03 bits per heavy atom. The lowest BCUT2D eigenvalue weighted by Gasteiger charge is -2.23. The van der Waals surface area contributed by atoms with Gasteiger partial charge in [-0.15, -0.1) is 0 Å². The lowest BCUT2D eigenvalue weighted by molar-refractivity contribution is 0.0924. The number of nitrogen functional groups attached to an aromatic ring is 1. The number of benzene rings is 2. The highest BCUT2D eigenvalue weighted by molar-refractivity contribution is 6.29. The first-order chi connectivity index (χ1) is 16.5. The van der Waals surface area contributed by atoms with Crippen LogP contribution in [0.1, 0.15) is 29.8 Å². The quantitative estimate of drug-likeness (QED) is 0.423. The van der Waals surface area contributed by atoms with Crippen molar-refractivity contribution in [3.63, 3.8) is 0 Å². The number of hydrogen-bond acceptors (Lipinski definition) is 7. The zero-order valence-corrected chi connectivity index (χ0v) is 19.3. The number of nitrogens with two attached hydrogens (primary N) is 1. The summed E-state index contributed by atoms with van der Waals surface area (Å²) in [4.78, 5) is 15.4. The Morgan fingerprint density at radius 3 is 2.71 bits per heavy atom. The van der Waals surface area contributed by atoms with Crippen molar-refractivity contribution in [1.82, 2.24) is 19.5 Å². The van der Waals surface area contributed by atoms with E-state index in [4.69, 9.17) is 31.8 Å². The average Bonchev–Trinajstić information content (AvgIpc) is 3.47. The van der Waals surface area contributed by atoms with Crippen molar-refractivity contribution in [3.05, 3.63) is 82.8 Å². The highest BCUT2D eigenvalue weighted by Gasteiger charge is 2.31. The molecule has 10 heteroatoms. The van der Waals surface area contributed by atoms with Crippen LogP contribution in [0.5, 0.6) is 5.75 Å². The van der Waals surface area contributed by atoms with Crippen molar-refractivity contribution in [1.29, 1.82) is 0 Å². The second-order valence-corrected chi connectivity index (χ2v) is 8.11. The maximum absolute atomic E-state index is 13.4. The summed E-state index contributed by atoms with van der Waals surface area (Å²) in [5, 5.41) is 0.390. The SMILES string of the molecule is CCN(c1ccc(-n2cnc(Cl)c2)c(OC)c1)c1nc(N)c2c(n1)C(c1ccc(F)cc1)OC2. The van der Waals surface area contributed by atoms with Gasteiger partial charge in [-0.05, 0) is 36.8 Å². The molecule has 34 heavy (non-hydrogen) atoms. The van der Waals surface area contributed by atoms with E-state index in [1.54, 1.807) is 36.3 Å². The number of anilines is 3. The van der Waals surface area contributed by atoms with Crippen LogP contribution in [0.4, 0.5) is 21.8 Å². The Kier molecular flexibility index (Phi) is 5.80. The fourth-order valence-electron chi connectivity index (χ4n) is 4.05.